The zero-order chi connectivity index (χ0) is 21.0. The van der Waals surface area contributed by atoms with Gasteiger partial charge in [-0.1, -0.05) is 48.5 Å². The van der Waals surface area contributed by atoms with Crippen LogP contribution < -0.4 is 0 Å². The standard InChI is InChI=1S/C24H27NO4/c1-17(2)25-20-12-7-6-11-19(20)23(18-9-4-3-5-10-18)21(25)14-16-24(28,29)15-8-13-22(26)27/h3-7,9-12,14,16-17,28-29H,8,13,15H2,1-2H3,(H,26,27). The molecule has 3 rings (SSSR count). The van der Waals surface area contributed by atoms with Crippen LogP contribution in [0.3, 0.4) is 0 Å². The molecule has 0 amide bonds. The van der Waals surface area contributed by atoms with Gasteiger partial charge < -0.3 is 19.9 Å². The van der Waals surface area contributed by atoms with Crippen LogP contribution in [0, 0.1) is 0 Å². The molecule has 1 heterocycles. The lowest BCUT2D eigenvalue weighted by Crippen LogP contribution is -2.25. The number of rotatable bonds is 8. The molecule has 0 fully saturated rings. The van der Waals surface area contributed by atoms with Gasteiger partial charge in [-0.05, 0) is 44.1 Å². The highest BCUT2D eigenvalue weighted by molar-refractivity contribution is 6.01. The Hall–Kier alpha value is -2.89. The highest BCUT2D eigenvalue weighted by Crippen LogP contribution is 2.38. The summed E-state index contributed by atoms with van der Waals surface area (Å²) < 4.78 is 2.18. The second-order valence-corrected chi connectivity index (χ2v) is 7.57. The van der Waals surface area contributed by atoms with Crippen molar-refractivity contribution in [3.63, 3.8) is 0 Å². The number of benzene rings is 2. The fourth-order valence-corrected chi connectivity index (χ4v) is 3.71. The highest BCUT2D eigenvalue weighted by atomic mass is 16.5. The van der Waals surface area contributed by atoms with Gasteiger partial charge in [0.25, 0.3) is 0 Å². The number of hydrogen-bond acceptors (Lipinski definition) is 3. The SMILES string of the molecule is CC(C)n1c(C=CC(O)(O)CCCC(=O)O)c(-c2ccccc2)c2ccccc21. The van der Waals surface area contributed by atoms with Gasteiger partial charge in [0.1, 0.15) is 0 Å². The summed E-state index contributed by atoms with van der Waals surface area (Å²) >= 11 is 0. The van der Waals surface area contributed by atoms with Crippen molar-refractivity contribution in [1.82, 2.24) is 4.57 Å². The van der Waals surface area contributed by atoms with Gasteiger partial charge in [-0.25, -0.2) is 0 Å². The lowest BCUT2D eigenvalue weighted by Gasteiger charge is -2.18. The molecule has 3 N–H and O–H groups in total. The van der Waals surface area contributed by atoms with E-state index in [4.69, 9.17) is 5.11 Å². The smallest absolute Gasteiger partial charge is 0.303 e. The predicted octanol–water partition coefficient (Wildman–Crippen LogP) is 4.84. The van der Waals surface area contributed by atoms with Crippen LogP contribution in [0.15, 0.2) is 60.7 Å². The summed E-state index contributed by atoms with van der Waals surface area (Å²) in [7, 11) is 0. The molecule has 0 saturated carbocycles. The number of carbonyl (C=O) groups is 1. The minimum absolute atomic E-state index is 0.0433. The summed E-state index contributed by atoms with van der Waals surface area (Å²) in [5.74, 6) is -3.02. The van der Waals surface area contributed by atoms with Gasteiger partial charge in [-0.15, -0.1) is 0 Å². The Kier molecular flexibility index (Phi) is 6.20. The minimum Gasteiger partial charge on any atom is -0.481 e. The number of nitrogens with zero attached hydrogens (tertiary/aromatic N) is 1. The topological polar surface area (TPSA) is 82.7 Å². The number of carboxylic acids is 1. The first-order valence-corrected chi connectivity index (χ1v) is 9.84. The van der Waals surface area contributed by atoms with Gasteiger partial charge in [-0.2, -0.15) is 0 Å². The second-order valence-electron chi connectivity index (χ2n) is 7.57. The minimum atomic E-state index is -2.07. The predicted molar refractivity (Wildman–Crippen MR) is 115 cm³/mol. The summed E-state index contributed by atoms with van der Waals surface area (Å²) in [6, 6.07) is 18.3. The maximum absolute atomic E-state index is 10.7. The molecule has 0 unspecified atom stereocenters. The summed E-state index contributed by atoms with van der Waals surface area (Å²) in [4.78, 5) is 10.7. The van der Waals surface area contributed by atoms with Crippen LogP contribution in [0.1, 0.15) is 44.8 Å². The molecule has 0 bridgehead atoms. The highest BCUT2D eigenvalue weighted by Gasteiger charge is 2.22. The average Bonchev–Trinajstić information content (AvgIpc) is 3.01. The average molecular weight is 393 g/mol. The number of aliphatic carboxylic acids is 1. The van der Waals surface area contributed by atoms with E-state index >= 15 is 0 Å². The van der Waals surface area contributed by atoms with E-state index < -0.39 is 11.8 Å². The van der Waals surface area contributed by atoms with E-state index in [1.54, 1.807) is 6.08 Å². The molecular weight excluding hydrogens is 366 g/mol. The summed E-state index contributed by atoms with van der Waals surface area (Å²) in [5, 5.41) is 30.5. The van der Waals surface area contributed by atoms with E-state index in [2.05, 4.69) is 30.5 Å². The van der Waals surface area contributed by atoms with Crippen molar-refractivity contribution >= 4 is 22.9 Å². The van der Waals surface area contributed by atoms with Crippen LogP contribution in [0.25, 0.3) is 28.1 Å². The molecule has 0 aliphatic carbocycles. The molecule has 152 valence electrons. The normalized spacial score (nSPS) is 12.3. The van der Waals surface area contributed by atoms with Gasteiger partial charge in [0.15, 0.2) is 5.79 Å². The number of para-hydroxylation sites is 1. The van der Waals surface area contributed by atoms with Gasteiger partial charge in [0.2, 0.25) is 0 Å². The molecule has 5 heteroatoms. The molecule has 29 heavy (non-hydrogen) atoms. The molecule has 0 spiro atoms. The number of aliphatic hydroxyl groups is 2. The Morgan fingerprint density at radius 3 is 2.38 bits per heavy atom. The van der Waals surface area contributed by atoms with Crippen molar-refractivity contribution in [3.05, 3.63) is 66.4 Å². The molecule has 2 aromatic carbocycles. The van der Waals surface area contributed by atoms with E-state index in [1.807, 2.05) is 42.5 Å². The monoisotopic (exact) mass is 393 g/mol. The quantitative estimate of drug-likeness (QED) is 0.478. The van der Waals surface area contributed by atoms with E-state index in [9.17, 15) is 15.0 Å². The Morgan fingerprint density at radius 2 is 1.72 bits per heavy atom. The number of hydrogen-bond donors (Lipinski definition) is 3. The van der Waals surface area contributed by atoms with Crippen molar-refractivity contribution in [2.75, 3.05) is 0 Å². The zero-order valence-electron chi connectivity index (χ0n) is 16.7. The summed E-state index contributed by atoms with van der Waals surface area (Å²) in [6.45, 7) is 4.19. The molecule has 0 radical (unpaired) electrons. The Labute approximate surface area is 170 Å². The number of carboxylic acid groups (broad SMARTS) is 1. The van der Waals surface area contributed by atoms with Crippen LogP contribution in [0.4, 0.5) is 0 Å². The first kappa shape index (κ1) is 20.8. The zero-order valence-corrected chi connectivity index (χ0v) is 16.7. The van der Waals surface area contributed by atoms with Crippen molar-refractivity contribution in [1.29, 1.82) is 0 Å². The molecule has 0 aliphatic rings. The molecular formula is C24H27NO4. The molecule has 3 aromatic rings. The number of aromatic nitrogens is 1. The fraction of sp³-hybridized carbons (Fsp3) is 0.292. The summed E-state index contributed by atoms with van der Waals surface area (Å²) in [6.07, 6.45) is 3.14. The van der Waals surface area contributed by atoms with Crippen LogP contribution in [-0.4, -0.2) is 31.6 Å². The third-order valence-corrected chi connectivity index (χ3v) is 4.97. The van der Waals surface area contributed by atoms with Crippen LogP contribution in [0.2, 0.25) is 0 Å². The number of fused-ring (bicyclic) bond motifs is 1. The van der Waals surface area contributed by atoms with E-state index in [1.165, 1.54) is 6.08 Å². The first-order valence-electron chi connectivity index (χ1n) is 9.84. The fourth-order valence-electron chi connectivity index (χ4n) is 3.71. The van der Waals surface area contributed by atoms with Crippen LogP contribution in [-0.2, 0) is 4.79 Å². The maximum atomic E-state index is 10.7. The van der Waals surface area contributed by atoms with Gasteiger partial charge in [-0.3, -0.25) is 4.79 Å². The van der Waals surface area contributed by atoms with Crippen molar-refractivity contribution in [2.45, 2.75) is 44.9 Å². The third kappa shape index (κ3) is 4.75. The van der Waals surface area contributed by atoms with E-state index in [0.717, 1.165) is 27.7 Å². The lowest BCUT2D eigenvalue weighted by atomic mass is 10.0. The largest absolute Gasteiger partial charge is 0.481 e. The maximum Gasteiger partial charge on any atom is 0.303 e. The molecule has 0 aliphatic heterocycles. The first-order chi connectivity index (χ1) is 13.8. The third-order valence-electron chi connectivity index (χ3n) is 4.97. The Balaban J connectivity index is 2.11. The molecule has 0 saturated heterocycles. The Bertz CT molecular complexity index is 1020. The van der Waals surface area contributed by atoms with Gasteiger partial charge in [0, 0.05) is 41.0 Å². The lowest BCUT2D eigenvalue weighted by molar-refractivity contribution is -0.139. The summed E-state index contributed by atoms with van der Waals surface area (Å²) in [5.41, 5.74) is 4.05. The second kappa shape index (κ2) is 8.64. The van der Waals surface area contributed by atoms with Crippen LogP contribution in [0.5, 0.6) is 0 Å². The van der Waals surface area contributed by atoms with Crippen molar-refractivity contribution in [2.24, 2.45) is 0 Å². The van der Waals surface area contributed by atoms with E-state index in [0.29, 0.717) is 0 Å². The molecule has 1 aromatic heterocycles. The Morgan fingerprint density at radius 1 is 1.07 bits per heavy atom. The van der Waals surface area contributed by atoms with E-state index in [-0.39, 0.29) is 25.3 Å². The van der Waals surface area contributed by atoms with Crippen molar-refractivity contribution in [3.8, 4) is 11.1 Å². The van der Waals surface area contributed by atoms with Crippen molar-refractivity contribution < 1.29 is 20.1 Å². The van der Waals surface area contributed by atoms with Gasteiger partial charge >= 0.3 is 5.97 Å². The molecule has 0 atom stereocenters. The van der Waals surface area contributed by atoms with Gasteiger partial charge in [0.05, 0.1) is 0 Å². The van der Waals surface area contributed by atoms with Crippen LogP contribution >= 0.6 is 0 Å². The molecule has 5 nitrogen and oxygen atoms in total.